The van der Waals surface area contributed by atoms with E-state index in [4.69, 9.17) is 11.6 Å². The van der Waals surface area contributed by atoms with Crippen molar-refractivity contribution in [1.29, 1.82) is 0 Å². The summed E-state index contributed by atoms with van der Waals surface area (Å²) in [5, 5.41) is 3.71. The topological polar surface area (TPSA) is 37.8 Å². The Labute approximate surface area is 95.3 Å². The molecule has 0 spiro atoms. The van der Waals surface area contributed by atoms with Crippen LogP contribution in [0.4, 0.5) is 5.82 Å². The number of anilines is 1. The minimum Gasteiger partial charge on any atom is -0.367 e. The van der Waals surface area contributed by atoms with Crippen LogP contribution >= 0.6 is 11.6 Å². The maximum atomic E-state index is 5.80. The second kappa shape index (κ2) is 4.35. The molecule has 1 atom stereocenters. The Balaban J connectivity index is 2.02. The molecule has 0 radical (unpaired) electrons. The van der Waals surface area contributed by atoms with Gasteiger partial charge in [0, 0.05) is 17.8 Å². The maximum Gasteiger partial charge on any atom is 0.224 e. The lowest BCUT2D eigenvalue weighted by Gasteiger charge is -2.32. The highest BCUT2D eigenvalue weighted by molar-refractivity contribution is 6.28. The van der Waals surface area contributed by atoms with Crippen LogP contribution in [0.15, 0.2) is 6.07 Å². The van der Waals surface area contributed by atoms with Crippen molar-refractivity contribution in [2.24, 2.45) is 5.92 Å². The Morgan fingerprint density at radius 2 is 2.20 bits per heavy atom. The zero-order chi connectivity index (χ0) is 10.8. The monoisotopic (exact) mass is 225 g/mol. The molecular formula is C11H16ClN3. The van der Waals surface area contributed by atoms with Gasteiger partial charge in [0.1, 0.15) is 5.82 Å². The van der Waals surface area contributed by atoms with Gasteiger partial charge < -0.3 is 5.32 Å². The van der Waals surface area contributed by atoms with E-state index in [0.717, 1.165) is 17.4 Å². The molecule has 1 heterocycles. The molecule has 15 heavy (non-hydrogen) atoms. The summed E-state index contributed by atoms with van der Waals surface area (Å²) in [4.78, 5) is 8.19. The van der Waals surface area contributed by atoms with Crippen molar-refractivity contribution >= 4 is 17.4 Å². The van der Waals surface area contributed by atoms with Crippen LogP contribution in [-0.2, 0) is 0 Å². The van der Waals surface area contributed by atoms with E-state index in [9.17, 15) is 0 Å². The third-order valence-electron chi connectivity index (χ3n) is 3.06. The van der Waals surface area contributed by atoms with Gasteiger partial charge in [-0.05, 0) is 44.2 Å². The smallest absolute Gasteiger partial charge is 0.224 e. The van der Waals surface area contributed by atoms with Crippen LogP contribution < -0.4 is 5.32 Å². The summed E-state index contributed by atoms with van der Waals surface area (Å²) < 4.78 is 0. The standard InChI is InChI=1S/C11H16ClN3/c1-7-6-10(15-11(12)13-7)14-8(2)9-4-3-5-9/h6,8-9H,3-5H2,1-2H3,(H,13,14,15). The fourth-order valence-electron chi connectivity index (χ4n) is 1.90. The van der Waals surface area contributed by atoms with Gasteiger partial charge in [-0.1, -0.05) is 6.42 Å². The van der Waals surface area contributed by atoms with Gasteiger partial charge in [0.15, 0.2) is 0 Å². The summed E-state index contributed by atoms with van der Waals surface area (Å²) in [5.41, 5.74) is 0.901. The average molecular weight is 226 g/mol. The predicted octanol–water partition coefficient (Wildman–Crippen LogP) is 3.04. The largest absolute Gasteiger partial charge is 0.367 e. The SMILES string of the molecule is Cc1cc(NC(C)C2CCC2)nc(Cl)n1. The van der Waals surface area contributed by atoms with E-state index in [-0.39, 0.29) is 0 Å². The van der Waals surface area contributed by atoms with E-state index in [1.54, 1.807) is 0 Å². The highest BCUT2D eigenvalue weighted by Crippen LogP contribution is 2.30. The zero-order valence-corrected chi connectivity index (χ0v) is 9.88. The van der Waals surface area contributed by atoms with E-state index < -0.39 is 0 Å². The van der Waals surface area contributed by atoms with Crippen LogP contribution in [0.3, 0.4) is 0 Å². The normalized spacial score (nSPS) is 18.3. The van der Waals surface area contributed by atoms with Gasteiger partial charge in [0.25, 0.3) is 0 Å². The fourth-order valence-corrected chi connectivity index (χ4v) is 2.12. The van der Waals surface area contributed by atoms with E-state index in [0.29, 0.717) is 11.3 Å². The van der Waals surface area contributed by atoms with Crippen molar-refractivity contribution in [3.8, 4) is 0 Å². The summed E-state index contributed by atoms with van der Waals surface area (Å²) in [6, 6.07) is 2.41. The molecular weight excluding hydrogens is 210 g/mol. The minimum absolute atomic E-state index is 0.318. The van der Waals surface area contributed by atoms with E-state index in [1.807, 2.05) is 13.0 Å². The Kier molecular flexibility index (Phi) is 3.10. The molecule has 1 aliphatic rings. The molecule has 1 unspecified atom stereocenters. The van der Waals surface area contributed by atoms with E-state index >= 15 is 0 Å². The lowest BCUT2D eigenvalue weighted by Crippen LogP contribution is -2.31. The predicted molar refractivity (Wildman–Crippen MR) is 62.2 cm³/mol. The van der Waals surface area contributed by atoms with Crippen LogP contribution in [0.1, 0.15) is 31.9 Å². The van der Waals surface area contributed by atoms with Crippen molar-refractivity contribution in [2.45, 2.75) is 39.2 Å². The van der Waals surface area contributed by atoms with Crippen LogP contribution in [0, 0.1) is 12.8 Å². The van der Waals surface area contributed by atoms with Gasteiger partial charge in [-0.25, -0.2) is 9.97 Å². The quantitative estimate of drug-likeness (QED) is 0.804. The first-order valence-corrected chi connectivity index (χ1v) is 5.80. The van der Waals surface area contributed by atoms with Crippen LogP contribution in [0.2, 0.25) is 5.28 Å². The third-order valence-corrected chi connectivity index (χ3v) is 3.23. The molecule has 1 N–H and O–H groups in total. The Morgan fingerprint density at radius 1 is 1.47 bits per heavy atom. The summed E-state index contributed by atoms with van der Waals surface area (Å²) in [5.74, 6) is 1.63. The molecule has 0 aliphatic heterocycles. The summed E-state index contributed by atoms with van der Waals surface area (Å²) in [6.07, 6.45) is 4.01. The number of aromatic nitrogens is 2. The minimum atomic E-state index is 0.318. The number of nitrogens with one attached hydrogen (secondary N) is 1. The van der Waals surface area contributed by atoms with Crippen LogP contribution in [0.25, 0.3) is 0 Å². The highest BCUT2D eigenvalue weighted by atomic mass is 35.5. The van der Waals surface area contributed by atoms with E-state index in [2.05, 4.69) is 22.2 Å². The molecule has 0 saturated heterocycles. The lowest BCUT2D eigenvalue weighted by molar-refractivity contribution is 0.285. The average Bonchev–Trinajstić information content (AvgIpc) is 1.96. The Bertz CT molecular complexity index is 329. The van der Waals surface area contributed by atoms with Gasteiger partial charge in [0.2, 0.25) is 5.28 Å². The number of hydrogen-bond donors (Lipinski definition) is 1. The van der Waals surface area contributed by atoms with Crippen molar-refractivity contribution < 1.29 is 0 Å². The molecule has 0 aromatic carbocycles. The highest BCUT2D eigenvalue weighted by Gasteiger charge is 2.23. The molecule has 1 aromatic heterocycles. The molecule has 1 fully saturated rings. The zero-order valence-electron chi connectivity index (χ0n) is 9.13. The van der Waals surface area contributed by atoms with Gasteiger partial charge in [0.05, 0.1) is 0 Å². The van der Waals surface area contributed by atoms with Crippen molar-refractivity contribution in [2.75, 3.05) is 5.32 Å². The number of aryl methyl sites for hydroxylation is 1. The molecule has 82 valence electrons. The van der Waals surface area contributed by atoms with Crippen LogP contribution in [-0.4, -0.2) is 16.0 Å². The second-order valence-electron chi connectivity index (χ2n) is 4.29. The molecule has 0 amide bonds. The van der Waals surface area contributed by atoms with Crippen LogP contribution in [0.5, 0.6) is 0 Å². The lowest BCUT2D eigenvalue weighted by atomic mass is 9.80. The van der Waals surface area contributed by atoms with Crippen molar-refractivity contribution in [3.05, 3.63) is 17.0 Å². The third kappa shape index (κ3) is 2.59. The molecule has 3 nitrogen and oxygen atoms in total. The van der Waals surface area contributed by atoms with Gasteiger partial charge in [-0.15, -0.1) is 0 Å². The molecule has 1 aromatic rings. The Hall–Kier alpha value is -0.830. The first kappa shape index (κ1) is 10.7. The van der Waals surface area contributed by atoms with Crippen molar-refractivity contribution in [3.63, 3.8) is 0 Å². The maximum absolute atomic E-state index is 5.80. The Morgan fingerprint density at radius 3 is 2.73 bits per heavy atom. The first-order valence-electron chi connectivity index (χ1n) is 5.43. The van der Waals surface area contributed by atoms with E-state index in [1.165, 1.54) is 19.3 Å². The summed E-state index contributed by atoms with van der Waals surface area (Å²) >= 11 is 5.80. The number of hydrogen-bond acceptors (Lipinski definition) is 3. The van der Waals surface area contributed by atoms with Gasteiger partial charge in [-0.3, -0.25) is 0 Å². The summed E-state index contributed by atoms with van der Waals surface area (Å²) in [7, 11) is 0. The number of halogens is 1. The fraction of sp³-hybridized carbons (Fsp3) is 0.636. The second-order valence-corrected chi connectivity index (χ2v) is 4.63. The molecule has 1 saturated carbocycles. The molecule has 2 rings (SSSR count). The van der Waals surface area contributed by atoms with Gasteiger partial charge in [-0.2, -0.15) is 0 Å². The molecule has 0 bridgehead atoms. The number of rotatable bonds is 3. The molecule has 1 aliphatic carbocycles. The number of nitrogens with zero attached hydrogens (tertiary/aromatic N) is 2. The first-order chi connectivity index (χ1) is 7.15. The van der Waals surface area contributed by atoms with Gasteiger partial charge >= 0.3 is 0 Å². The summed E-state index contributed by atoms with van der Waals surface area (Å²) in [6.45, 7) is 4.13. The van der Waals surface area contributed by atoms with Crippen molar-refractivity contribution in [1.82, 2.24) is 9.97 Å². The molecule has 4 heteroatoms.